The number of rotatable bonds is 7. The van der Waals surface area contributed by atoms with E-state index in [2.05, 4.69) is 43.1 Å². The molecule has 0 aliphatic heterocycles. The van der Waals surface area contributed by atoms with Crippen LogP contribution >= 0.6 is 0 Å². The molecule has 2 unspecified atom stereocenters. The zero-order chi connectivity index (χ0) is 12.0. The van der Waals surface area contributed by atoms with Crippen molar-refractivity contribution in [3.05, 3.63) is 12.2 Å². The number of nitrogens with zero attached hydrogens (tertiary/aromatic N) is 3. The lowest BCUT2D eigenvalue weighted by atomic mass is 10.0. The Morgan fingerprint density at radius 3 is 2.75 bits per heavy atom. The van der Waals surface area contributed by atoms with Crippen molar-refractivity contribution in [2.75, 3.05) is 0 Å². The third kappa shape index (κ3) is 3.93. The fourth-order valence-electron chi connectivity index (χ4n) is 1.81. The Balaban J connectivity index is 2.34. The molecule has 0 fully saturated rings. The summed E-state index contributed by atoms with van der Waals surface area (Å²) in [6, 6.07) is 0.539. The van der Waals surface area contributed by atoms with Gasteiger partial charge in [-0.25, -0.2) is 9.67 Å². The molecule has 0 aliphatic carbocycles. The summed E-state index contributed by atoms with van der Waals surface area (Å²) in [5.41, 5.74) is 0. The average molecular weight is 224 g/mol. The largest absolute Gasteiger partial charge is 0.307 e. The normalized spacial score (nSPS) is 15.0. The fraction of sp³-hybridized carbons (Fsp3) is 0.833. The van der Waals surface area contributed by atoms with Gasteiger partial charge in [0.1, 0.15) is 12.2 Å². The molecule has 0 saturated heterocycles. The maximum atomic E-state index is 4.25. The lowest BCUT2D eigenvalue weighted by Gasteiger charge is -2.17. The van der Waals surface area contributed by atoms with Crippen molar-refractivity contribution < 1.29 is 0 Å². The topological polar surface area (TPSA) is 42.7 Å². The van der Waals surface area contributed by atoms with E-state index in [-0.39, 0.29) is 0 Å². The molecule has 0 amide bonds. The van der Waals surface area contributed by atoms with Gasteiger partial charge in [0, 0.05) is 12.6 Å². The Bertz CT molecular complexity index is 295. The van der Waals surface area contributed by atoms with Gasteiger partial charge in [0.2, 0.25) is 0 Å². The van der Waals surface area contributed by atoms with Crippen LogP contribution in [-0.4, -0.2) is 20.8 Å². The first-order valence-electron chi connectivity index (χ1n) is 6.27. The maximum absolute atomic E-state index is 4.25. The minimum Gasteiger partial charge on any atom is -0.307 e. The van der Waals surface area contributed by atoms with E-state index < -0.39 is 0 Å². The van der Waals surface area contributed by atoms with Gasteiger partial charge in [-0.15, -0.1) is 0 Å². The Morgan fingerprint density at radius 2 is 2.12 bits per heavy atom. The van der Waals surface area contributed by atoms with Crippen LogP contribution < -0.4 is 5.32 Å². The van der Waals surface area contributed by atoms with Crippen LogP contribution in [-0.2, 0) is 13.1 Å². The first-order valence-corrected chi connectivity index (χ1v) is 6.27. The Hall–Kier alpha value is -0.900. The lowest BCUT2D eigenvalue weighted by Crippen LogP contribution is -2.28. The number of aryl methyl sites for hydroxylation is 1. The summed E-state index contributed by atoms with van der Waals surface area (Å²) in [7, 11) is 0. The molecule has 0 spiro atoms. The summed E-state index contributed by atoms with van der Waals surface area (Å²) in [6.45, 7) is 10.6. The summed E-state index contributed by atoms with van der Waals surface area (Å²) in [4.78, 5) is 4.25. The zero-order valence-corrected chi connectivity index (χ0v) is 10.9. The van der Waals surface area contributed by atoms with Crippen LogP contribution in [0.15, 0.2) is 6.33 Å². The molecule has 1 N–H and O–H groups in total. The zero-order valence-electron chi connectivity index (χ0n) is 10.9. The number of nitrogens with one attached hydrogen (secondary N) is 1. The highest BCUT2D eigenvalue weighted by atomic mass is 15.3. The van der Waals surface area contributed by atoms with Gasteiger partial charge in [-0.2, -0.15) is 5.10 Å². The van der Waals surface area contributed by atoms with Crippen molar-refractivity contribution in [2.24, 2.45) is 5.92 Å². The van der Waals surface area contributed by atoms with Crippen LogP contribution in [0.25, 0.3) is 0 Å². The standard InChI is InChI=1S/C12H24N4/c1-5-10(3)7-11(4)13-8-12-14-9-15-16(12)6-2/h9-11,13H,5-8H2,1-4H3. The van der Waals surface area contributed by atoms with E-state index >= 15 is 0 Å². The van der Waals surface area contributed by atoms with Gasteiger partial charge >= 0.3 is 0 Å². The molecule has 0 bridgehead atoms. The molecule has 1 heterocycles. The quantitative estimate of drug-likeness (QED) is 0.772. The third-order valence-corrected chi connectivity index (χ3v) is 3.06. The van der Waals surface area contributed by atoms with Crippen LogP contribution in [0, 0.1) is 5.92 Å². The highest BCUT2D eigenvalue weighted by Gasteiger charge is 2.08. The summed E-state index contributed by atoms with van der Waals surface area (Å²) in [5, 5.41) is 7.66. The van der Waals surface area contributed by atoms with Gasteiger partial charge in [0.15, 0.2) is 0 Å². The monoisotopic (exact) mass is 224 g/mol. The molecule has 0 saturated carbocycles. The second kappa shape index (κ2) is 6.63. The van der Waals surface area contributed by atoms with Crippen LogP contribution in [0.2, 0.25) is 0 Å². The van der Waals surface area contributed by atoms with Gasteiger partial charge in [0.05, 0.1) is 6.54 Å². The number of aromatic nitrogens is 3. The van der Waals surface area contributed by atoms with E-state index in [9.17, 15) is 0 Å². The van der Waals surface area contributed by atoms with E-state index in [4.69, 9.17) is 0 Å². The average Bonchev–Trinajstić information content (AvgIpc) is 2.73. The van der Waals surface area contributed by atoms with E-state index in [1.807, 2.05) is 4.68 Å². The van der Waals surface area contributed by atoms with Crippen LogP contribution in [0.5, 0.6) is 0 Å². The van der Waals surface area contributed by atoms with Gasteiger partial charge < -0.3 is 5.32 Å². The Morgan fingerprint density at radius 1 is 1.38 bits per heavy atom. The molecule has 0 aromatic carbocycles. The molecule has 0 radical (unpaired) electrons. The predicted octanol–water partition coefficient (Wildman–Crippen LogP) is 2.21. The molecular weight excluding hydrogens is 200 g/mol. The Kier molecular flexibility index (Phi) is 5.46. The summed E-state index contributed by atoms with van der Waals surface area (Å²) >= 11 is 0. The molecule has 1 aromatic heterocycles. The minimum atomic E-state index is 0.539. The maximum Gasteiger partial charge on any atom is 0.140 e. The van der Waals surface area contributed by atoms with E-state index in [1.165, 1.54) is 12.8 Å². The molecule has 2 atom stereocenters. The summed E-state index contributed by atoms with van der Waals surface area (Å²) < 4.78 is 1.93. The minimum absolute atomic E-state index is 0.539. The van der Waals surface area contributed by atoms with Crippen molar-refractivity contribution in [3.8, 4) is 0 Å². The molecule has 1 rings (SSSR count). The molecule has 4 nitrogen and oxygen atoms in total. The van der Waals surface area contributed by atoms with E-state index in [1.54, 1.807) is 6.33 Å². The summed E-state index contributed by atoms with van der Waals surface area (Å²) in [5.74, 6) is 1.81. The van der Waals surface area contributed by atoms with Crippen molar-refractivity contribution in [2.45, 2.75) is 59.7 Å². The van der Waals surface area contributed by atoms with Gasteiger partial charge in [-0.3, -0.25) is 0 Å². The van der Waals surface area contributed by atoms with Crippen molar-refractivity contribution >= 4 is 0 Å². The number of hydrogen-bond acceptors (Lipinski definition) is 3. The molecule has 92 valence electrons. The van der Waals surface area contributed by atoms with Crippen molar-refractivity contribution in [1.29, 1.82) is 0 Å². The molecule has 4 heteroatoms. The summed E-state index contributed by atoms with van der Waals surface area (Å²) in [6.07, 6.45) is 4.09. The van der Waals surface area contributed by atoms with Crippen LogP contribution in [0.3, 0.4) is 0 Å². The van der Waals surface area contributed by atoms with Gasteiger partial charge in [0.25, 0.3) is 0 Å². The van der Waals surface area contributed by atoms with Crippen molar-refractivity contribution in [1.82, 2.24) is 20.1 Å². The molecule has 16 heavy (non-hydrogen) atoms. The first kappa shape index (κ1) is 13.2. The fourth-order valence-corrected chi connectivity index (χ4v) is 1.81. The molecule has 0 aliphatic rings. The van der Waals surface area contributed by atoms with Gasteiger partial charge in [-0.1, -0.05) is 20.3 Å². The van der Waals surface area contributed by atoms with E-state index in [0.29, 0.717) is 6.04 Å². The van der Waals surface area contributed by atoms with Crippen molar-refractivity contribution in [3.63, 3.8) is 0 Å². The SMILES string of the molecule is CCC(C)CC(C)NCc1ncnn1CC. The van der Waals surface area contributed by atoms with Gasteiger partial charge in [-0.05, 0) is 26.2 Å². The van der Waals surface area contributed by atoms with Crippen LogP contribution in [0.1, 0.15) is 46.4 Å². The second-order valence-corrected chi connectivity index (χ2v) is 4.52. The molecule has 1 aromatic rings. The predicted molar refractivity (Wildman–Crippen MR) is 66.1 cm³/mol. The highest BCUT2D eigenvalue weighted by Crippen LogP contribution is 2.09. The number of hydrogen-bond donors (Lipinski definition) is 1. The Labute approximate surface area is 98.5 Å². The third-order valence-electron chi connectivity index (χ3n) is 3.06. The van der Waals surface area contributed by atoms with Crippen LogP contribution in [0.4, 0.5) is 0 Å². The highest BCUT2D eigenvalue weighted by molar-refractivity contribution is 4.84. The lowest BCUT2D eigenvalue weighted by molar-refractivity contribution is 0.404. The smallest absolute Gasteiger partial charge is 0.140 e. The first-order chi connectivity index (χ1) is 7.67. The second-order valence-electron chi connectivity index (χ2n) is 4.52. The molecular formula is C12H24N4. The van der Waals surface area contributed by atoms with E-state index in [0.717, 1.165) is 24.8 Å².